The SMILES string of the molecule is CC1(C)c2ccc(-c3c4ccccc4c(-c4ccccc4-c4cccc5c4oc4ccccc45)c4ccccc34)cc2-c2cc3ccccc3cc21. The molecule has 0 fully saturated rings. The maximum atomic E-state index is 6.58. The minimum atomic E-state index is -0.0758. The molecule has 1 aliphatic rings. The first-order valence-electron chi connectivity index (χ1n) is 18.2. The summed E-state index contributed by atoms with van der Waals surface area (Å²) in [5, 5.41) is 9.86. The van der Waals surface area contributed by atoms with Gasteiger partial charge in [0.05, 0.1) is 0 Å². The average molecular weight is 663 g/mol. The summed E-state index contributed by atoms with van der Waals surface area (Å²) in [6, 6.07) is 62.4. The first-order chi connectivity index (χ1) is 25.6. The van der Waals surface area contributed by atoms with Crippen molar-refractivity contribution >= 4 is 54.3 Å². The second-order valence-electron chi connectivity index (χ2n) is 14.8. The van der Waals surface area contributed by atoms with Crippen molar-refractivity contribution in [3.8, 4) is 44.5 Å². The second-order valence-corrected chi connectivity index (χ2v) is 14.8. The van der Waals surface area contributed by atoms with E-state index in [1.54, 1.807) is 0 Å². The van der Waals surface area contributed by atoms with Gasteiger partial charge in [-0.15, -0.1) is 0 Å². The zero-order valence-electron chi connectivity index (χ0n) is 29.1. The number of hydrogen-bond donors (Lipinski definition) is 0. The van der Waals surface area contributed by atoms with Crippen molar-refractivity contribution in [1.82, 2.24) is 0 Å². The van der Waals surface area contributed by atoms with Crippen LogP contribution in [0.25, 0.3) is 98.8 Å². The molecule has 52 heavy (non-hydrogen) atoms. The van der Waals surface area contributed by atoms with E-state index in [2.05, 4.69) is 178 Å². The fourth-order valence-electron chi connectivity index (χ4n) is 9.22. The largest absolute Gasteiger partial charge is 0.455 e. The third kappa shape index (κ3) is 4.05. The Bertz CT molecular complexity index is 3040. The highest BCUT2D eigenvalue weighted by Gasteiger charge is 2.36. The summed E-state index contributed by atoms with van der Waals surface area (Å²) in [4.78, 5) is 0. The van der Waals surface area contributed by atoms with Gasteiger partial charge in [0.1, 0.15) is 11.2 Å². The Hall–Kier alpha value is -6.44. The Morgan fingerprint density at radius 1 is 0.365 bits per heavy atom. The smallest absolute Gasteiger partial charge is 0.143 e. The molecule has 0 bridgehead atoms. The van der Waals surface area contributed by atoms with Crippen molar-refractivity contribution < 1.29 is 4.42 Å². The summed E-state index contributed by atoms with van der Waals surface area (Å²) in [5.74, 6) is 0. The van der Waals surface area contributed by atoms with Crippen molar-refractivity contribution in [2.24, 2.45) is 0 Å². The van der Waals surface area contributed by atoms with E-state index >= 15 is 0 Å². The number of rotatable bonds is 3. The number of para-hydroxylation sites is 2. The minimum Gasteiger partial charge on any atom is -0.455 e. The van der Waals surface area contributed by atoms with Crippen LogP contribution in [0, 0.1) is 0 Å². The van der Waals surface area contributed by atoms with Crippen LogP contribution in [0.2, 0.25) is 0 Å². The van der Waals surface area contributed by atoms with Gasteiger partial charge in [-0.3, -0.25) is 0 Å². The quantitative estimate of drug-likeness (QED) is 0.172. The molecule has 10 aromatic rings. The molecule has 0 amide bonds. The molecule has 1 aromatic heterocycles. The maximum absolute atomic E-state index is 6.58. The lowest BCUT2D eigenvalue weighted by molar-refractivity contribution is 0.661. The molecule has 1 nitrogen and oxygen atoms in total. The molecule has 1 heterocycles. The number of hydrogen-bond acceptors (Lipinski definition) is 1. The van der Waals surface area contributed by atoms with Gasteiger partial charge in [0.15, 0.2) is 0 Å². The van der Waals surface area contributed by atoms with Crippen molar-refractivity contribution in [2.75, 3.05) is 0 Å². The predicted molar refractivity (Wildman–Crippen MR) is 220 cm³/mol. The molecule has 11 rings (SSSR count). The Balaban J connectivity index is 1.18. The fraction of sp³-hybridized carbons (Fsp3) is 0.0588. The Morgan fingerprint density at radius 2 is 0.904 bits per heavy atom. The molecule has 9 aromatic carbocycles. The molecule has 1 aliphatic carbocycles. The third-order valence-electron chi connectivity index (χ3n) is 11.7. The zero-order chi connectivity index (χ0) is 34.6. The van der Waals surface area contributed by atoms with E-state index in [-0.39, 0.29) is 5.41 Å². The van der Waals surface area contributed by atoms with Gasteiger partial charge in [0, 0.05) is 21.8 Å². The zero-order valence-corrected chi connectivity index (χ0v) is 29.1. The van der Waals surface area contributed by atoms with Gasteiger partial charge in [-0.2, -0.15) is 0 Å². The molecular formula is C51H34O. The standard InChI is InChI=1S/C51H34O/c1-51(2)45-27-26-33(29-43(45)44-28-31-14-3-4-15-32(31)30-46(44)51)48-37-19-7-9-21-39(37)49(40-22-10-8-20-38(40)48)36-18-6-5-16-34(36)41-23-13-24-42-35-17-11-12-25-47(35)52-50(41)42/h3-30H,1-2H3. The molecular weight excluding hydrogens is 629 g/mol. The van der Waals surface area contributed by atoms with Crippen molar-refractivity contribution in [3.63, 3.8) is 0 Å². The van der Waals surface area contributed by atoms with Crippen LogP contribution >= 0.6 is 0 Å². The average Bonchev–Trinajstić information content (AvgIpc) is 3.67. The number of benzene rings is 9. The number of fused-ring (bicyclic) bond motifs is 9. The molecule has 1 heteroatoms. The van der Waals surface area contributed by atoms with Gasteiger partial charge >= 0.3 is 0 Å². The molecule has 0 spiro atoms. The van der Waals surface area contributed by atoms with Crippen LogP contribution in [0.5, 0.6) is 0 Å². The molecule has 0 atom stereocenters. The molecule has 0 radical (unpaired) electrons. The summed E-state index contributed by atoms with van der Waals surface area (Å²) in [6.45, 7) is 4.74. The van der Waals surface area contributed by atoms with E-state index in [1.807, 2.05) is 6.07 Å². The topological polar surface area (TPSA) is 13.1 Å². The van der Waals surface area contributed by atoms with Gasteiger partial charge < -0.3 is 4.42 Å². The summed E-state index contributed by atoms with van der Waals surface area (Å²) in [5.41, 5.74) is 14.5. The summed E-state index contributed by atoms with van der Waals surface area (Å²) >= 11 is 0. The normalized spacial score (nSPS) is 13.3. The van der Waals surface area contributed by atoms with Crippen molar-refractivity contribution in [1.29, 1.82) is 0 Å². The first kappa shape index (κ1) is 29.3. The van der Waals surface area contributed by atoms with Crippen LogP contribution < -0.4 is 0 Å². The van der Waals surface area contributed by atoms with Gasteiger partial charge in [0.2, 0.25) is 0 Å². The molecule has 0 saturated heterocycles. The van der Waals surface area contributed by atoms with Crippen LogP contribution in [0.1, 0.15) is 25.0 Å². The lowest BCUT2D eigenvalue weighted by atomic mass is 9.81. The summed E-state index contributed by atoms with van der Waals surface area (Å²) in [6.07, 6.45) is 0. The van der Waals surface area contributed by atoms with E-state index in [0.717, 1.165) is 27.5 Å². The summed E-state index contributed by atoms with van der Waals surface area (Å²) < 4.78 is 6.58. The highest BCUT2D eigenvalue weighted by molar-refractivity contribution is 6.23. The Kier molecular flexibility index (Phi) is 6.08. The molecule has 0 saturated carbocycles. The van der Waals surface area contributed by atoms with Crippen molar-refractivity contribution in [3.05, 3.63) is 181 Å². The van der Waals surface area contributed by atoms with Gasteiger partial charge in [-0.05, 0) is 107 Å². The van der Waals surface area contributed by atoms with E-state index in [0.29, 0.717) is 0 Å². The lowest BCUT2D eigenvalue weighted by Crippen LogP contribution is -2.14. The van der Waals surface area contributed by atoms with E-state index in [4.69, 9.17) is 4.42 Å². The molecule has 0 aliphatic heterocycles. The second kappa shape index (κ2) is 10.8. The molecule has 0 unspecified atom stereocenters. The van der Waals surface area contributed by atoms with Gasteiger partial charge in [-0.25, -0.2) is 0 Å². The van der Waals surface area contributed by atoms with Crippen LogP contribution in [0.4, 0.5) is 0 Å². The van der Waals surface area contributed by atoms with Crippen LogP contribution in [-0.2, 0) is 5.41 Å². The van der Waals surface area contributed by atoms with E-state index in [9.17, 15) is 0 Å². The Labute approximate surface area is 302 Å². The van der Waals surface area contributed by atoms with Crippen molar-refractivity contribution in [2.45, 2.75) is 19.3 Å². The van der Waals surface area contributed by atoms with Gasteiger partial charge in [0.25, 0.3) is 0 Å². The van der Waals surface area contributed by atoms with E-state index in [1.165, 1.54) is 82.4 Å². The third-order valence-corrected chi connectivity index (χ3v) is 11.7. The number of furan rings is 1. The maximum Gasteiger partial charge on any atom is 0.143 e. The van der Waals surface area contributed by atoms with Gasteiger partial charge in [-0.1, -0.05) is 159 Å². The van der Waals surface area contributed by atoms with E-state index < -0.39 is 0 Å². The minimum absolute atomic E-state index is 0.0758. The highest BCUT2D eigenvalue weighted by atomic mass is 16.3. The predicted octanol–water partition coefficient (Wildman–Crippen LogP) is 14.4. The fourth-order valence-corrected chi connectivity index (χ4v) is 9.22. The monoisotopic (exact) mass is 662 g/mol. The summed E-state index contributed by atoms with van der Waals surface area (Å²) in [7, 11) is 0. The molecule has 244 valence electrons. The lowest BCUT2D eigenvalue weighted by Gasteiger charge is -2.22. The molecule has 0 N–H and O–H groups in total. The Morgan fingerprint density at radius 3 is 1.63 bits per heavy atom. The van der Waals surface area contributed by atoms with Crippen LogP contribution in [0.15, 0.2) is 174 Å². The first-order valence-corrected chi connectivity index (χ1v) is 18.2. The highest BCUT2D eigenvalue weighted by Crippen LogP contribution is 2.53. The van der Waals surface area contributed by atoms with Crippen LogP contribution in [0.3, 0.4) is 0 Å². The van der Waals surface area contributed by atoms with Crippen LogP contribution in [-0.4, -0.2) is 0 Å².